The Morgan fingerprint density at radius 3 is 2.60 bits per heavy atom. The molecule has 0 radical (unpaired) electrons. The van der Waals surface area contributed by atoms with Gasteiger partial charge in [0, 0.05) is 8.95 Å². The van der Waals surface area contributed by atoms with E-state index in [0.29, 0.717) is 16.6 Å². The first-order valence-corrected chi connectivity index (χ1v) is 6.88. The van der Waals surface area contributed by atoms with Gasteiger partial charge >= 0.3 is 0 Å². The van der Waals surface area contributed by atoms with E-state index >= 15 is 0 Å². The zero-order valence-corrected chi connectivity index (χ0v) is 11.4. The number of hydrogen-bond donors (Lipinski definition) is 0. The Hall–Kier alpha value is 0.200. The third kappa shape index (κ3) is 3.33. The third-order valence-electron chi connectivity index (χ3n) is 2.75. The molecule has 0 bridgehead atoms. The van der Waals surface area contributed by atoms with Crippen molar-refractivity contribution in [1.82, 2.24) is 0 Å². The second-order valence-electron chi connectivity index (χ2n) is 3.92. The quantitative estimate of drug-likeness (QED) is 0.593. The molecule has 3 heteroatoms. The Morgan fingerprint density at radius 2 is 2.00 bits per heavy atom. The molecule has 0 aromatic heterocycles. The lowest BCUT2D eigenvalue weighted by Gasteiger charge is -2.15. The van der Waals surface area contributed by atoms with Crippen LogP contribution in [0.3, 0.4) is 0 Å². The lowest BCUT2D eigenvalue weighted by Crippen LogP contribution is -2.17. The molecule has 0 amide bonds. The van der Waals surface area contributed by atoms with E-state index in [0.717, 1.165) is 5.02 Å². The molecule has 1 aromatic carbocycles. The van der Waals surface area contributed by atoms with Gasteiger partial charge in [-0.1, -0.05) is 46.3 Å². The highest BCUT2D eigenvalue weighted by molar-refractivity contribution is 14.1. The summed E-state index contributed by atoms with van der Waals surface area (Å²) in [6.45, 7) is 0.710. The molecule has 1 aliphatic rings. The Balaban J connectivity index is 1.85. The highest BCUT2D eigenvalue weighted by Crippen LogP contribution is 2.29. The molecule has 1 aromatic rings. The Labute approximate surface area is 109 Å². The van der Waals surface area contributed by atoms with Crippen molar-refractivity contribution in [2.45, 2.75) is 35.9 Å². The summed E-state index contributed by atoms with van der Waals surface area (Å²) >= 11 is 8.32. The van der Waals surface area contributed by atoms with Gasteiger partial charge in [0.2, 0.25) is 0 Å². The monoisotopic (exact) mass is 336 g/mol. The van der Waals surface area contributed by atoms with Gasteiger partial charge < -0.3 is 4.74 Å². The van der Waals surface area contributed by atoms with Gasteiger partial charge in [0.25, 0.3) is 0 Å². The first-order chi connectivity index (χ1) is 7.25. The van der Waals surface area contributed by atoms with Crippen molar-refractivity contribution < 1.29 is 4.74 Å². The van der Waals surface area contributed by atoms with Crippen LogP contribution in [-0.2, 0) is 11.3 Å². The molecule has 2 rings (SSSR count). The third-order valence-corrected chi connectivity index (χ3v) is 4.43. The summed E-state index contributed by atoms with van der Waals surface area (Å²) < 4.78 is 6.58. The first-order valence-electron chi connectivity index (χ1n) is 5.26. The van der Waals surface area contributed by atoms with E-state index in [1.54, 1.807) is 0 Å². The first kappa shape index (κ1) is 11.7. The smallest absolute Gasteiger partial charge is 0.0721 e. The van der Waals surface area contributed by atoms with Crippen molar-refractivity contribution >= 4 is 34.2 Å². The second-order valence-corrected chi connectivity index (χ2v) is 5.96. The maximum absolute atomic E-state index is 5.89. The van der Waals surface area contributed by atoms with Crippen LogP contribution < -0.4 is 0 Å². The van der Waals surface area contributed by atoms with E-state index in [1.807, 2.05) is 24.3 Å². The molecule has 15 heavy (non-hydrogen) atoms. The summed E-state index contributed by atoms with van der Waals surface area (Å²) in [4.78, 5) is 0. The molecule has 1 aliphatic carbocycles. The molecule has 2 unspecified atom stereocenters. The van der Waals surface area contributed by atoms with Crippen LogP contribution in [-0.4, -0.2) is 10.0 Å². The molecule has 0 aliphatic heterocycles. The van der Waals surface area contributed by atoms with Gasteiger partial charge in [-0.25, -0.2) is 0 Å². The van der Waals surface area contributed by atoms with Crippen LogP contribution in [0.2, 0.25) is 5.02 Å². The highest BCUT2D eigenvalue weighted by Gasteiger charge is 2.25. The van der Waals surface area contributed by atoms with Gasteiger partial charge in [0.15, 0.2) is 0 Å². The zero-order valence-electron chi connectivity index (χ0n) is 8.46. The largest absolute Gasteiger partial charge is 0.372 e. The fourth-order valence-electron chi connectivity index (χ4n) is 1.85. The Bertz CT molecular complexity index is 312. The Kier molecular flexibility index (Phi) is 4.29. The fraction of sp³-hybridized carbons (Fsp3) is 0.500. The molecule has 1 saturated carbocycles. The highest BCUT2D eigenvalue weighted by atomic mass is 127. The van der Waals surface area contributed by atoms with E-state index in [4.69, 9.17) is 16.3 Å². The number of ether oxygens (including phenoxy) is 1. The summed E-state index contributed by atoms with van der Waals surface area (Å²) in [5, 5.41) is 0.784. The van der Waals surface area contributed by atoms with Gasteiger partial charge in [-0.3, -0.25) is 0 Å². The molecule has 0 saturated heterocycles. The van der Waals surface area contributed by atoms with E-state index in [2.05, 4.69) is 22.6 Å². The van der Waals surface area contributed by atoms with Crippen molar-refractivity contribution in [3.63, 3.8) is 0 Å². The van der Waals surface area contributed by atoms with Crippen molar-refractivity contribution in [3.05, 3.63) is 34.9 Å². The molecule has 82 valence electrons. The second kappa shape index (κ2) is 5.51. The molecule has 1 nitrogen and oxygen atoms in total. The van der Waals surface area contributed by atoms with Crippen LogP contribution in [0.25, 0.3) is 0 Å². The summed E-state index contributed by atoms with van der Waals surface area (Å²) in [5.41, 5.74) is 1.20. The van der Waals surface area contributed by atoms with Crippen LogP contribution in [0.1, 0.15) is 24.8 Å². The van der Waals surface area contributed by atoms with Crippen LogP contribution in [0.5, 0.6) is 0 Å². The molecular weight excluding hydrogens is 322 g/mol. The summed E-state index contributed by atoms with van der Waals surface area (Å²) in [5.74, 6) is 0. The van der Waals surface area contributed by atoms with Gasteiger partial charge in [0.1, 0.15) is 0 Å². The molecule has 0 spiro atoms. The van der Waals surface area contributed by atoms with Gasteiger partial charge in [0.05, 0.1) is 12.7 Å². The number of rotatable bonds is 3. The average Bonchev–Trinajstić information content (AvgIpc) is 2.63. The van der Waals surface area contributed by atoms with Crippen LogP contribution >= 0.6 is 34.2 Å². The number of benzene rings is 1. The molecular formula is C12H14ClIO. The molecule has 0 heterocycles. The van der Waals surface area contributed by atoms with Crippen molar-refractivity contribution in [3.8, 4) is 0 Å². The van der Waals surface area contributed by atoms with E-state index in [-0.39, 0.29) is 0 Å². The zero-order chi connectivity index (χ0) is 10.7. The summed E-state index contributed by atoms with van der Waals surface area (Å²) in [7, 11) is 0. The van der Waals surface area contributed by atoms with E-state index < -0.39 is 0 Å². The lowest BCUT2D eigenvalue weighted by atomic mass is 10.2. The van der Waals surface area contributed by atoms with Gasteiger partial charge in [-0.05, 0) is 37.0 Å². The minimum absolute atomic E-state index is 0.446. The van der Waals surface area contributed by atoms with Crippen LogP contribution in [0.4, 0.5) is 0 Å². The normalized spacial score (nSPS) is 25.7. The summed E-state index contributed by atoms with van der Waals surface area (Å²) in [6, 6.07) is 7.88. The summed E-state index contributed by atoms with van der Waals surface area (Å²) in [6.07, 6.45) is 4.26. The predicted molar refractivity (Wildman–Crippen MR) is 71.7 cm³/mol. The average molecular weight is 337 g/mol. The van der Waals surface area contributed by atoms with Crippen molar-refractivity contribution in [2.75, 3.05) is 0 Å². The number of halogens is 2. The lowest BCUT2D eigenvalue weighted by molar-refractivity contribution is 0.0514. The van der Waals surface area contributed by atoms with Crippen molar-refractivity contribution in [2.24, 2.45) is 0 Å². The van der Waals surface area contributed by atoms with Gasteiger partial charge in [-0.2, -0.15) is 0 Å². The SMILES string of the molecule is Clc1ccc(COC2CCCC2I)cc1. The standard InChI is InChI=1S/C12H14ClIO/c13-10-6-4-9(5-7-10)8-15-12-3-1-2-11(12)14/h4-7,11-12H,1-3,8H2. The van der Waals surface area contributed by atoms with E-state index in [1.165, 1.54) is 24.8 Å². The molecule has 1 fully saturated rings. The minimum atomic E-state index is 0.446. The topological polar surface area (TPSA) is 9.23 Å². The van der Waals surface area contributed by atoms with Crippen LogP contribution in [0.15, 0.2) is 24.3 Å². The predicted octanol–water partition coefficient (Wildman–Crippen LogP) is 4.21. The molecule has 0 N–H and O–H groups in total. The minimum Gasteiger partial charge on any atom is -0.372 e. The maximum Gasteiger partial charge on any atom is 0.0721 e. The van der Waals surface area contributed by atoms with E-state index in [9.17, 15) is 0 Å². The van der Waals surface area contributed by atoms with Gasteiger partial charge in [-0.15, -0.1) is 0 Å². The van der Waals surface area contributed by atoms with Crippen LogP contribution in [0, 0.1) is 0 Å². The maximum atomic E-state index is 5.89. The molecule has 2 atom stereocenters. The number of alkyl halides is 1. The Morgan fingerprint density at radius 1 is 1.27 bits per heavy atom. The number of hydrogen-bond acceptors (Lipinski definition) is 1. The van der Waals surface area contributed by atoms with Crippen molar-refractivity contribution in [1.29, 1.82) is 0 Å². The fourth-order valence-corrected chi connectivity index (χ4v) is 2.99.